The number of fused-ring (bicyclic) bond motifs is 1. The molecule has 112 valence electrons. The fraction of sp³-hybridized carbons (Fsp3) is 0.286. The first-order valence-corrected chi connectivity index (χ1v) is 8.74. The second-order valence-corrected chi connectivity index (χ2v) is 8.05. The Bertz CT molecular complexity index is 767. The largest absolute Gasteiger partial charge is 0.454 e. The van der Waals surface area contributed by atoms with Crippen LogP contribution in [-0.4, -0.2) is 15.2 Å². The van der Waals surface area contributed by atoms with Crippen LogP contribution in [-0.2, 0) is 10.0 Å². The molecular formula is C14H15NO4S2. The van der Waals surface area contributed by atoms with Gasteiger partial charge in [-0.15, -0.1) is 11.3 Å². The summed E-state index contributed by atoms with van der Waals surface area (Å²) in [5, 5.41) is 0. The predicted octanol–water partition coefficient (Wildman–Crippen LogP) is 2.82. The zero-order valence-corrected chi connectivity index (χ0v) is 13.3. The van der Waals surface area contributed by atoms with Crippen LogP contribution in [0.4, 0.5) is 0 Å². The van der Waals surface area contributed by atoms with E-state index in [1.165, 1.54) is 11.3 Å². The van der Waals surface area contributed by atoms with Gasteiger partial charge in [-0.25, -0.2) is 13.1 Å². The standard InChI is InChI=1S/C14H15NO4S2/c1-9-3-6-14(20-9)21(16,17)15-10(2)11-4-5-12-13(7-11)19-8-18-12/h3-7,10,15H,8H2,1-2H3/t10-/m0/s1. The highest BCUT2D eigenvalue weighted by Crippen LogP contribution is 2.34. The average molecular weight is 325 g/mol. The minimum atomic E-state index is -3.50. The van der Waals surface area contributed by atoms with E-state index in [1.54, 1.807) is 31.2 Å². The number of thiophene rings is 1. The molecule has 0 saturated heterocycles. The van der Waals surface area contributed by atoms with Gasteiger partial charge in [-0.2, -0.15) is 0 Å². The molecule has 0 radical (unpaired) electrons. The fourth-order valence-corrected chi connectivity index (χ4v) is 4.63. The van der Waals surface area contributed by atoms with E-state index >= 15 is 0 Å². The number of hydrogen-bond donors (Lipinski definition) is 1. The molecule has 0 fully saturated rings. The zero-order chi connectivity index (χ0) is 15.0. The summed E-state index contributed by atoms with van der Waals surface area (Å²) in [6.45, 7) is 3.88. The van der Waals surface area contributed by atoms with E-state index < -0.39 is 10.0 Å². The van der Waals surface area contributed by atoms with Crippen LogP contribution in [0.2, 0.25) is 0 Å². The van der Waals surface area contributed by atoms with Crippen LogP contribution >= 0.6 is 11.3 Å². The van der Waals surface area contributed by atoms with Gasteiger partial charge < -0.3 is 9.47 Å². The maximum Gasteiger partial charge on any atom is 0.250 e. The van der Waals surface area contributed by atoms with Gasteiger partial charge in [0.05, 0.1) is 0 Å². The van der Waals surface area contributed by atoms with E-state index in [4.69, 9.17) is 9.47 Å². The van der Waals surface area contributed by atoms with Crippen LogP contribution < -0.4 is 14.2 Å². The summed E-state index contributed by atoms with van der Waals surface area (Å²) < 4.78 is 38.2. The highest BCUT2D eigenvalue weighted by Gasteiger charge is 2.22. The van der Waals surface area contributed by atoms with Crippen molar-refractivity contribution in [2.45, 2.75) is 24.1 Å². The third-order valence-electron chi connectivity index (χ3n) is 3.21. The smallest absolute Gasteiger partial charge is 0.250 e. The third kappa shape index (κ3) is 2.90. The number of benzene rings is 1. The minimum absolute atomic E-state index is 0.202. The van der Waals surface area contributed by atoms with Gasteiger partial charge >= 0.3 is 0 Å². The molecule has 0 aliphatic carbocycles. The molecule has 1 aliphatic rings. The molecule has 5 nitrogen and oxygen atoms in total. The molecule has 2 heterocycles. The van der Waals surface area contributed by atoms with E-state index in [9.17, 15) is 8.42 Å². The second kappa shape index (κ2) is 5.32. The summed E-state index contributed by atoms with van der Waals surface area (Å²) in [4.78, 5) is 0.964. The molecule has 1 atom stereocenters. The molecule has 1 aliphatic heterocycles. The average Bonchev–Trinajstić information content (AvgIpc) is 3.05. The van der Waals surface area contributed by atoms with Gasteiger partial charge in [0, 0.05) is 10.9 Å². The Labute approximate surface area is 127 Å². The Morgan fingerprint density at radius 3 is 2.67 bits per heavy atom. The molecule has 7 heteroatoms. The normalized spacial score (nSPS) is 15.1. The van der Waals surface area contributed by atoms with Crippen LogP contribution in [0.15, 0.2) is 34.5 Å². The van der Waals surface area contributed by atoms with E-state index in [1.807, 2.05) is 13.0 Å². The lowest BCUT2D eigenvalue weighted by Gasteiger charge is -2.14. The third-order valence-corrected chi connectivity index (χ3v) is 6.24. The van der Waals surface area contributed by atoms with Crippen molar-refractivity contribution in [3.63, 3.8) is 0 Å². The Morgan fingerprint density at radius 1 is 1.19 bits per heavy atom. The topological polar surface area (TPSA) is 64.6 Å². The van der Waals surface area contributed by atoms with E-state index in [0.717, 1.165) is 10.4 Å². The van der Waals surface area contributed by atoms with E-state index in [0.29, 0.717) is 15.7 Å². The predicted molar refractivity (Wildman–Crippen MR) is 80.4 cm³/mol. The minimum Gasteiger partial charge on any atom is -0.454 e. The number of ether oxygens (including phenoxy) is 2. The molecule has 3 rings (SSSR count). The Kier molecular flexibility index (Phi) is 3.64. The lowest BCUT2D eigenvalue weighted by molar-refractivity contribution is 0.174. The molecule has 2 aromatic rings. The quantitative estimate of drug-likeness (QED) is 0.939. The van der Waals surface area contributed by atoms with Crippen LogP contribution in [0.5, 0.6) is 11.5 Å². The van der Waals surface area contributed by atoms with Gasteiger partial charge in [-0.05, 0) is 43.7 Å². The van der Waals surface area contributed by atoms with Crippen molar-refractivity contribution in [3.05, 3.63) is 40.8 Å². The summed E-state index contributed by atoms with van der Waals surface area (Å²) >= 11 is 1.26. The van der Waals surface area contributed by atoms with Gasteiger partial charge in [0.2, 0.25) is 6.79 Å². The number of aryl methyl sites for hydroxylation is 1. The van der Waals surface area contributed by atoms with Crippen LogP contribution in [0.1, 0.15) is 23.4 Å². The van der Waals surface area contributed by atoms with Crippen molar-refractivity contribution in [2.24, 2.45) is 0 Å². The molecule has 0 saturated carbocycles. The molecular weight excluding hydrogens is 310 g/mol. The number of hydrogen-bond acceptors (Lipinski definition) is 5. The second-order valence-electron chi connectivity index (χ2n) is 4.82. The van der Waals surface area contributed by atoms with E-state index in [2.05, 4.69) is 4.72 Å². The van der Waals surface area contributed by atoms with Gasteiger partial charge in [-0.3, -0.25) is 0 Å². The van der Waals surface area contributed by atoms with Crippen molar-refractivity contribution in [1.29, 1.82) is 0 Å². The van der Waals surface area contributed by atoms with Crippen molar-refractivity contribution in [3.8, 4) is 11.5 Å². The van der Waals surface area contributed by atoms with Gasteiger partial charge in [0.25, 0.3) is 10.0 Å². The molecule has 1 N–H and O–H groups in total. The Morgan fingerprint density at radius 2 is 1.95 bits per heavy atom. The highest BCUT2D eigenvalue weighted by molar-refractivity contribution is 7.91. The summed E-state index contributed by atoms with van der Waals surface area (Å²) in [5.74, 6) is 1.33. The number of rotatable bonds is 4. The lowest BCUT2D eigenvalue weighted by Crippen LogP contribution is -2.26. The molecule has 1 aromatic heterocycles. The van der Waals surface area contributed by atoms with Crippen LogP contribution in [0.25, 0.3) is 0 Å². The van der Waals surface area contributed by atoms with Crippen molar-refractivity contribution >= 4 is 21.4 Å². The first-order chi connectivity index (χ1) is 9.95. The SMILES string of the molecule is Cc1ccc(S(=O)(=O)N[C@@H](C)c2ccc3c(c2)OCO3)s1. The summed E-state index contributed by atoms with van der Waals surface area (Å²) in [6.07, 6.45) is 0. The maximum atomic E-state index is 12.3. The summed E-state index contributed by atoms with van der Waals surface area (Å²) in [6, 6.07) is 8.49. The monoisotopic (exact) mass is 325 g/mol. The number of sulfonamides is 1. The Hall–Kier alpha value is -1.57. The van der Waals surface area contributed by atoms with Gasteiger partial charge in [-0.1, -0.05) is 6.07 Å². The van der Waals surface area contributed by atoms with Gasteiger partial charge in [0.1, 0.15) is 4.21 Å². The molecule has 1 aromatic carbocycles. The number of nitrogens with one attached hydrogen (secondary N) is 1. The van der Waals surface area contributed by atoms with Crippen molar-refractivity contribution in [1.82, 2.24) is 4.72 Å². The highest BCUT2D eigenvalue weighted by atomic mass is 32.2. The maximum absolute atomic E-state index is 12.3. The Balaban J connectivity index is 1.81. The van der Waals surface area contributed by atoms with Crippen LogP contribution in [0.3, 0.4) is 0 Å². The first kappa shape index (κ1) is 14.4. The van der Waals surface area contributed by atoms with Crippen LogP contribution in [0, 0.1) is 6.92 Å². The molecule has 0 spiro atoms. The summed E-state index contributed by atoms with van der Waals surface area (Å²) in [5.41, 5.74) is 0.830. The molecule has 0 bridgehead atoms. The first-order valence-electron chi connectivity index (χ1n) is 6.44. The molecule has 0 amide bonds. The van der Waals surface area contributed by atoms with E-state index in [-0.39, 0.29) is 12.8 Å². The zero-order valence-electron chi connectivity index (χ0n) is 11.6. The molecule has 0 unspecified atom stereocenters. The van der Waals surface area contributed by atoms with Crippen molar-refractivity contribution < 1.29 is 17.9 Å². The lowest BCUT2D eigenvalue weighted by atomic mass is 10.1. The fourth-order valence-electron chi connectivity index (χ4n) is 2.10. The van der Waals surface area contributed by atoms with Gasteiger partial charge in [0.15, 0.2) is 11.5 Å². The summed E-state index contributed by atoms with van der Waals surface area (Å²) in [7, 11) is -3.50. The van der Waals surface area contributed by atoms with Crippen molar-refractivity contribution in [2.75, 3.05) is 6.79 Å². The molecule has 21 heavy (non-hydrogen) atoms.